The molecule has 8 nitrogen and oxygen atoms in total. The van der Waals surface area contributed by atoms with Crippen LogP contribution >= 0.6 is 0 Å². The molecule has 0 unspecified atom stereocenters. The minimum absolute atomic E-state index is 0.347. The van der Waals surface area contributed by atoms with Crippen LogP contribution in [0.1, 0.15) is 0 Å². The number of hydrogen-bond donors (Lipinski definition) is 2. The number of nitrogens with two attached hydrogens (primary N) is 1. The van der Waals surface area contributed by atoms with Crippen LogP contribution in [0, 0.1) is 20.4 Å². The van der Waals surface area contributed by atoms with E-state index in [9.17, 15) is 15.0 Å². The summed E-state index contributed by atoms with van der Waals surface area (Å²) in [6, 6.07) is 0. The Balaban J connectivity index is 4.22. The molecule has 0 aliphatic heterocycles. The number of nitroso groups, excluding NO2 is 1. The Bertz CT molecular complexity index is 187. The number of hydrazine groups is 2. The molecule has 0 aliphatic rings. The lowest BCUT2D eigenvalue weighted by molar-refractivity contribution is -1.16. The van der Waals surface area contributed by atoms with E-state index >= 15 is 0 Å². The summed E-state index contributed by atoms with van der Waals surface area (Å²) in [7, 11) is 1.01. The molecule has 0 heterocycles. The maximum absolute atomic E-state index is 10.2. The Morgan fingerprint density at radius 2 is 2.10 bits per heavy atom. The van der Waals surface area contributed by atoms with Gasteiger partial charge in [0.05, 0.1) is 5.01 Å². The van der Waals surface area contributed by atoms with Crippen molar-refractivity contribution in [3.63, 3.8) is 0 Å². The first kappa shape index (κ1) is 8.27. The van der Waals surface area contributed by atoms with Crippen LogP contribution in [0.4, 0.5) is 0 Å². The maximum Gasteiger partial charge on any atom is 0.452 e. The molecule has 0 rings (SSSR count). The standard InChI is InChI=1S/C2H6N5O3/c1-5(2(3)4)6(8)7(9)10/h1H3,(H3,3,4)/q+1. The predicted molar refractivity (Wildman–Crippen MR) is 30.3 cm³/mol. The number of nitro groups is 1. The number of nitrogens with one attached hydrogen (secondary N) is 1. The van der Waals surface area contributed by atoms with Crippen LogP contribution in [-0.4, -0.2) is 28.0 Å². The normalized spacial score (nSPS) is 8.50. The van der Waals surface area contributed by atoms with E-state index in [0.29, 0.717) is 5.01 Å². The van der Waals surface area contributed by atoms with E-state index < -0.39 is 16.0 Å². The van der Waals surface area contributed by atoms with Gasteiger partial charge >= 0.3 is 10.9 Å². The number of rotatable bonds is 2. The van der Waals surface area contributed by atoms with Gasteiger partial charge in [-0.05, 0) is 0 Å². The molecule has 0 aliphatic carbocycles. The largest absolute Gasteiger partial charge is 0.452 e. The van der Waals surface area contributed by atoms with Gasteiger partial charge in [-0.25, -0.2) is 5.41 Å². The van der Waals surface area contributed by atoms with Gasteiger partial charge in [-0.15, -0.1) is 0 Å². The first-order chi connectivity index (χ1) is 4.46. The summed E-state index contributed by atoms with van der Waals surface area (Å²) >= 11 is 0. The molecule has 56 valence electrons. The summed E-state index contributed by atoms with van der Waals surface area (Å²) in [5.41, 5.74) is 4.74. The molecule has 0 fully saturated rings. The van der Waals surface area contributed by atoms with Crippen molar-refractivity contribution in [3.05, 3.63) is 15.0 Å². The van der Waals surface area contributed by atoms with Crippen molar-refractivity contribution in [2.45, 2.75) is 0 Å². The first-order valence-corrected chi connectivity index (χ1v) is 2.16. The highest BCUT2D eigenvalue weighted by molar-refractivity contribution is 5.72. The molecule has 0 aromatic heterocycles. The van der Waals surface area contributed by atoms with Crippen LogP contribution in [0.2, 0.25) is 0 Å². The Hall–Kier alpha value is -1.73. The maximum atomic E-state index is 10.2. The molecule has 0 saturated heterocycles. The molecule has 0 radical (unpaired) electrons. The van der Waals surface area contributed by atoms with Crippen LogP contribution in [0.15, 0.2) is 0 Å². The third-order valence-electron chi connectivity index (χ3n) is 0.745. The molecule has 3 N–H and O–H groups in total. The van der Waals surface area contributed by atoms with Gasteiger partial charge in [-0.2, -0.15) is 0 Å². The molecule has 0 bridgehead atoms. The number of nitrogens with zero attached hydrogens (tertiary/aromatic N) is 3. The smallest absolute Gasteiger partial charge is 0.345 e. The summed E-state index contributed by atoms with van der Waals surface area (Å²) in [6.07, 6.45) is 0. The van der Waals surface area contributed by atoms with E-state index in [2.05, 4.69) is 0 Å². The van der Waals surface area contributed by atoms with E-state index in [1.54, 1.807) is 0 Å². The highest BCUT2D eigenvalue weighted by atomic mass is 16.7. The van der Waals surface area contributed by atoms with Gasteiger partial charge in [-0.1, -0.05) is 0 Å². The van der Waals surface area contributed by atoms with Crippen molar-refractivity contribution < 1.29 is 10.0 Å². The summed E-state index contributed by atoms with van der Waals surface area (Å²) in [5.74, 6) is -0.688. The molecular formula is C2H6N5O3+. The van der Waals surface area contributed by atoms with Gasteiger partial charge in [0.1, 0.15) is 4.91 Å². The highest BCUT2D eigenvalue weighted by Gasteiger charge is 2.32. The first-order valence-electron chi connectivity index (χ1n) is 2.16. The van der Waals surface area contributed by atoms with E-state index in [-0.39, 0.29) is 0 Å². The SMILES string of the molecule is CN(C(=N)N)[N+](=O)[N+](=O)[O-]. The lowest BCUT2D eigenvalue weighted by atomic mass is 10.9. The summed E-state index contributed by atoms with van der Waals surface area (Å²) < 4.78 is 0. The van der Waals surface area contributed by atoms with Gasteiger partial charge < -0.3 is 5.73 Å². The molecular weight excluding hydrogens is 142 g/mol. The number of hydrogen-bond acceptors (Lipinski definition) is 4. The van der Waals surface area contributed by atoms with Crippen molar-refractivity contribution in [3.8, 4) is 0 Å². The Morgan fingerprint density at radius 1 is 1.70 bits per heavy atom. The Morgan fingerprint density at radius 3 is 2.20 bits per heavy atom. The molecule has 8 heteroatoms. The molecule has 0 amide bonds. The van der Waals surface area contributed by atoms with Gasteiger partial charge in [0.15, 0.2) is 7.05 Å². The van der Waals surface area contributed by atoms with E-state index in [0.717, 1.165) is 7.05 Å². The van der Waals surface area contributed by atoms with E-state index in [1.165, 1.54) is 0 Å². The van der Waals surface area contributed by atoms with Crippen LogP contribution in [-0.2, 0) is 0 Å². The molecule has 0 aromatic carbocycles. The van der Waals surface area contributed by atoms with Gasteiger partial charge in [-0.3, -0.25) is 10.1 Å². The molecule has 0 saturated carbocycles. The fourth-order valence-corrected chi connectivity index (χ4v) is 0.202. The van der Waals surface area contributed by atoms with Crippen LogP contribution < -0.4 is 5.73 Å². The van der Waals surface area contributed by atoms with E-state index in [1.807, 2.05) is 0 Å². The monoisotopic (exact) mass is 148 g/mol. The molecule has 0 atom stereocenters. The van der Waals surface area contributed by atoms with Gasteiger partial charge in [0.2, 0.25) is 0 Å². The lowest BCUT2D eigenvalue weighted by Gasteiger charge is -1.91. The van der Waals surface area contributed by atoms with E-state index in [4.69, 9.17) is 11.1 Å². The molecule has 10 heavy (non-hydrogen) atoms. The van der Waals surface area contributed by atoms with Crippen molar-refractivity contribution in [1.29, 1.82) is 5.41 Å². The minimum Gasteiger partial charge on any atom is -0.345 e. The van der Waals surface area contributed by atoms with Gasteiger partial charge in [0.25, 0.3) is 5.03 Å². The van der Waals surface area contributed by atoms with Crippen molar-refractivity contribution >= 4 is 5.96 Å². The second-order valence-electron chi connectivity index (χ2n) is 1.40. The highest BCUT2D eigenvalue weighted by Crippen LogP contribution is 1.81. The Kier molecular flexibility index (Phi) is 2.24. The second kappa shape index (κ2) is 2.71. The zero-order valence-electron chi connectivity index (χ0n) is 5.14. The minimum atomic E-state index is -1.23. The summed E-state index contributed by atoms with van der Waals surface area (Å²) in [5, 5.41) is 15.4. The summed E-state index contributed by atoms with van der Waals surface area (Å²) in [6.45, 7) is 0. The molecule has 0 spiro atoms. The van der Waals surface area contributed by atoms with Crippen molar-refractivity contribution in [1.82, 2.24) is 5.01 Å². The third-order valence-corrected chi connectivity index (χ3v) is 0.745. The third kappa shape index (κ3) is 1.65. The zero-order chi connectivity index (χ0) is 8.31. The summed E-state index contributed by atoms with van der Waals surface area (Å²) in [4.78, 5) is 19.2. The fourth-order valence-electron chi connectivity index (χ4n) is 0.202. The van der Waals surface area contributed by atoms with Crippen molar-refractivity contribution in [2.24, 2.45) is 5.73 Å². The van der Waals surface area contributed by atoms with Crippen LogP contribution in [0.5, 0.6) is 0 Å². The second-order valence-corrected chi connectivity index (χ2v) is 1.40. The van der Waals surface area contributed by atoms with Crippen LogP contribution in [0.3, 0.4) is 0 Å². The quantitative estimate of drug-likeness (QED) is 0.166. The van der Waals surface area contributed by atoms with Crippen molar-refractivity contribution in [2.75, 3.05) is 7.05 Å². The Labute approximate surface area is 55.4 Å². The zero-order valence-corrected chi connectivity index (χ0v) is 5.14. The topological polar surface area (TPSA) is 116 Å². The average molecular weight is 148 g/mol. The number of guanidine groups is 1. The van der Waals surface area contributed by atoms with Crippen LogP contribution in [0.25, 0.3) is 0 Å². The fraction of sp³-hybridized carbons (Fsp3) is 0.500. The lowest BCUT2D eigenvalue weighted by Crippen LogP contribution is -2.42. The molecule has 0 aromatic rings. The predicted octanol–water partition coefficient (Wildman–Crippen LogP) is -1.30. The average Bonchev–Trinajstić information content (AvgIpc) is 1.84. The van der Waals surface area contributed by atoms with Gasteiger partial charge in [0, 0.05) is 0 Å².